The van der Waals surface area contributed by atoms with Gasteiger partial charge in [-0.2, -0.15) is 13.2 Å². The molecule has 1 aliphatic rings. The zero-order valence-corrected chi connectivity index (χ0v) is 18.2. The zero-order valence-electron chi connectivity index (χ0n) is 17.4. The maximum absolute atomic E-state index is 14.0. The number of rotatable bonds is 7. The van der Waals surface area contributed by atoms with Gasteiger partial charge in [-0.1, -0.05) is 29.8 Å². The molecular weight excluding hydrogens is 411 g/mol. The first-order chi connectivity index (χ1) is 14.2. The number of nitrogens with zero attached hydrogens (tertiary/aromatic N) is 3. The summed E-state index contributed by atoms with van der Waals surface area (Å²) in [4.78, 5) is 3.81. The van der Waals surface area contributed by atoms with Crippen LogP contribution in [-0.4, -0.2) is 29.1 Å². The Kier molecular flexibility index (Phi) is 6.68. The van der Waals surface area contributed by atoms with Crippen LogP contribution in [0.2, 0.25) is 5.02 Å². The van der Waals surface area contributed by atoms with E-state index in [-0.39, 0.29) is 12.2 Å². The lowest BCUT2D eigenvalue weighted by Gasteiger charge is -2.33. The SMILES string of the molecule is C=CCN(CC=C)Cc1c(C(F)(F)F)cc2n1CCCN2c1c(C)cc(C)cc1Cl. The minimum atomic E-state index is -4.44. The van der Waals surface area contributed by atoms with Crippen LogP contribution in [0.3, 0.4) is 0 Å². The van der Waals surface area contributed by atoms with E-state index >= 15 is 0 Å². The number of aryl methyl sites for hydroxylation is 2. The lowest BCUT2D eigenvalue weighted by atomic mass is 10.1. The third-order valence-corrected chi connectivity index (χ3v) is 5.64. The van der Waals surface area contributed by atoms with Crippen LogP contribution >= 0.6 is 11.6 Å². The van der Waals surface area contributed by atoms with Crippen LogP contribution in [0.15, 0.2) is 43.5 Å². The molecule has 1 aromatic heterocycles. The first-order valence-electron chi connectivity index (χ1n) is 9.95. The maximum atomic E-state index is 14.0. The fourth-order valence-electron chi connectivity index (χ4n) is 4.22. The molecule has 1 aliphatic heterocycles. The van der Waals surface area contributed by atoms with Gasteiger partial charge in [-0.25, -0.2) is 0 Å². The van der Waals surface area contributed by atoms with Gasteiger partial charge in [0.2, 0.25) is 0 Å². The molecule has 162 valence electrons. The van der Waals surface area contributed by atoms with E-state index in [0.29, 0.717) is 37.0 Å². The van der Waals surface area contributed by atoms with Crippen molar-refractivity contribution in [2.45, 2.75) is 39.5 Å². The van der Waals surface area contributed by atoms with Crippen molar-refractivity contribution in [1.29, 1.82) is 0 Å². The Bertz CT molecular complexity index is 913. The number of halogens is 4. The smallest absolute Gasteiger partial charge is 0.330 e. The second-order valence-corrected chi connectivity index (χ2v) is 8.11. The Morgan fingerprint density at radius 1 is 1.10 bits per heavy atom. The molecule has 2 heterocycles. The largest absolute Gasteiger partial charge is 0.418 e. The van der Waals surface area contributed by atoms with Crippen molar-refractivity contribution in [3.05, 3.63) is 70.9 Å². The molecule has 0 radical (unpaired) electrons. The molecule has 3 nitrogen and oxygen atoms in total. The zero-order chi connectivity index (χ0) is 22.1. The normalized spacial score (nSPS) is 14.2. The Morgan fingerprint density at radius 2 is 1.77 bits per heavy atom. The first-order valence-corrected chi connectivity index (χ1v) is 10.3. The van der Waals surface area contributed by atoms with E-state index < -0.39 is 11.7 Å². The monoisotopic (exact) mass is 437 g/mol. The highest BCUT2D eigenvalue weighted by Crippen LogP contribution is 2.43. The maximum Gasteiger partial charge on any atom is 0.418 e. The molecule has 0 spiro atoms. The highest BCUT2D eigenvalue weighted by Gasteiger charge is 2.39. The van der Waals surface area contributed by atoms with Crippen LogP contribution < -0.4 is 4.90 Å². The van der Waals surface area contributed by atoms with Gasteiger partial charge in [0.25, 0.3) is 0 Å². The van der Waals surface area contributed by atoms with Gasteiger partial charge in [-0.15, -0.1) is 13.2 Å². The average molecular weight is 438 g/mol. The minimum Gasteiger partial charge on any atom is -0.330 e. The number of hydrogen-bond acceptors (Lipinski definition) is 2. The van der Waals surface area contributed by atoms with Crippen LogP contribution in [0.25, 0.3) is 0 Å². The predicted molar refractivity (Wildman–Crippen MR) is 118 cm³/mol. The van der Waals surface area contributed by atoms with Crippen molar-refractivity contribution in [2.24, 2.45) is 0 Å². The standard InChI is InChI=1S/C23H27ClF3N3/c1-5-8-28(9-6-2)15-20-18(23(25,26)27)14-21-29(20)10-7-11-30(21)22-17(4)12-16(3)13-19(22)24/h5-6,12-14H,1-2,7-11,15H2,3-4H3. The number of aromatic nitrogens is 1. The highest BCUT2D eigenvalue weighted by molar-refractivity contribution is 6.33. The van der Waals surface area contributed by atoms with Gasteiger partial charge in [0.1, 0.15) is 5.82 Å². The molecule has 0 N–H and O–H groups in total. The van der Waals surface area contributed by atoms with Gasteiger partial charge < -0.3 is 9.47 Å². The lowest BCUT2D eigenvalue weighted by Crippen LogP contribution is -2.31. The molecule has 2 aromatic rings. The molecule has 0 saturated carbocycles. The van der Waals surface area contributed by atoms with Crippen molar-refractivity contribution >= 4 is 23.1 Å². The summed E-state index contributed by atoms with van der Waals surface area (Å²) in [5.41, 5.74) is 2.42. The Balaban J connectivity index is 2.14. The van der Waals surface area contributed by atoms with E-state index in [0.717, 1.165) is 23.2 Å². The number of fused-ring (bicyclic) bond motifs is 1. The molecule has 0 amide bonds. The second-order valence-electron chi connectivity index (χ2n) is 7.70. The van der Waals surface area contributed by atoms with E-state index in [1.807, 2.05) is 35.8 Å². The van der Waals surface area contributed by atoms with Gasteiger partial charge in [-0.3, -0.25) is 4.90 Å². The van der Waals surface area contributed by atoms with Crippen molar-refractivity contribution in [2.75, 3.05) is 24.5 Å². The van der Waals surface area contributed by atoms with Crippen molar-refractivity contribution < 1.29 is 13.2 Å². The van der Waals surface area contributed by atoms with Crippen molar-refractivity contribution in [1.82, 2.24) is 9.47 Å². The summed E-state index contributed by atoms with van der Waals surface area (Å²) < 4.78 is 43.7. The molecular formula is C23H27ClF3N3. The second kappa shape index (κ2) is 8.90. The first kappa shape index (κ1) is 22.5. The van der Waals surface area contributed by atoms with Gasteiger partial charge in [0.15, 0.2) is 0 Å². The Hall–Kier alpha value is -2.18. The molecule has 7 heteroatoms. The third kappa shape index (κ3) is 4.44. The average Bonchev–Trinajstić information content (AvgIpc) is 3.01. The number of hydrogen-bond donors (Lipinski definition) is 0. The van der Waals surface area contributed by atoms with E-state index in [1.54, 1.807) is 16.7 Å². The van der Waals surface area contributed by atoms with Crippen LogP contribution in [0.5, 0.6) is 0 Å². The molecule has 0 bridgehead atoms. The van der Waals surface area contributed by atoms with Gasteiger partial charge >= 0.3 is 6.18 Å². The summed E-state index contributed by atoms with van der Waals surface area (Å²) >= 11 is 6.53. The summed E-state index contributed by atoms with van der Waals surface area (Å²) in [6.45, 7) is 13.6. The molecule has 30 heavy (non-hydrogen) atoms. The summed E-state index contributed by atoms with van der Waals surface area (Å²) in [6.07, 6.45) is -0.318. The predicted octanol–water partition coefficient (Wildman–Crippen LogP) is 6.49. The van der Waals surface area contributed by atoms with Gasteiger partial charge in [0, 0.05) is 38.4 Å². The number of benzene rings is 1. The molecule has 0 saturated heterocycles. The van der Waals surface area contributed by atoms with E-state index in [4.69, 9.17) is 11.6 Å². The molecule has 0 aliphatic carbocycles. The summed E-state index contributed by atoms with van der Waals surface area (Å²) in [5, 5.41) is 0.553. The molecule has 3 rings (SSSR count). The van der Waals surface area contributed by atoms with Crippen LogP contribution in [0.4, 0.5) is 24.7 Å². The lowest BCUT2D eigenvalue weighted by molar-refractivity contribution is -0.138. The summed E-state index contributed by atoms with van der Waals surface area (Å²) in [7, 11) is 0. The minimum absolute atomic E-state index is 0.168. The number of alkyl halides is 3. The van der Waals surface area contributed by atoms with Crippen LogP contribution in [0.1, 0.15) is 28.8 Å². The topological polar surface area (TPSA) is 11.4 Å². The third-order valence-electron chi connectivity index (χ3n) is 5.35. The van der Waals surface area contributed by atoms with E-state index in [2.05, 4.69) is 13.2 Å². The van der Waals surface area contributed by atoms with Gasteiger partial charge in [-0.05, 0) is 43.5 Å². The molecule has 0 unspecified atom stereocenters. The quantitative estimate of drug-likeness (QED) is 0.458. The van der Waals surface area contributed by atoms with Crippen LogP contribution in [-0.2, 0) is 19.3 Å². The van der Waals surface area contributed by atoms with E-state index in [9.17, 15) is 13.2 Å². The molecule has 0 atom stereocenters. The van der Waals surface area contributed by atoms with Crippen LogP contribution in [0, 0.1) is 13.8 Å². The highest BCUT2D eigenvalue weighted by atomic mass is 35.5. The fraction of sp³-hybridized carbons (Fsp3) is 0.391. The van der Waals surface area contributed by atoms with Crippen molar-refractivity contribution in [3.63, 3.8) is 0 Å². The summed E-state index contributed by atoms with van der Waals surface area (Å²) in [5.74, 6) is 0.537. The molecule has 1 aromatic carbocycles. The van der Waals surface area contributed by atoms with E-state index in [1.165, 1.54) is 6.07 Å². The fourth-order valence-corrected chi connectivity index (χ4v) is 4.64. The Morgan fingerprint density at radius 3 is 2.33 bits per heavy atom. The van der Waals surface area contributed by atoms with Crippen molar-refractivity contribution in [3.8, 4) is 0 Å². The number of anilines is 2. The summed E-state index contributed by atoms with van der Waals surface area (Å²) in [6, 6.07) is 5.13. The Labute approximate surface area is 181 Å². The van der Waals surface area contributed by atoms with Gasteiger partial charge in [0.05, 0.1) is 16.3 Å². The molecule has 0 fully saturated rings.